The highest BCUT2D eigenvalue weighted by Gasteiger charge is 2.58. The van der Waals surface area contributed by atoms with Crippen LogP contribution in [0.25, 0.3) is 0 Å². The van der Waals surface area contributed by atoms with Gasteiger partial charge in [0.2, 0.25) is 0 Å². The lowest BCUT2D eigenvalue weighted by molar-refractivity contribution is -0.0735. The summed E-state index contributed by atoms with van der Waals surface area (Å²) < 4.78 is 56.7. The van der Waals surface area contributed by atoms with Gasteiger partial charge in [0.05, 0.1) is 25.7 Å². The number of nitrogens with one attached hydrogen (secondary N) is 1. The van der Waals surface area contributed by atoms with Gasteiger partial charge in [0.15, 0.2) is 6.23 Å². The van der Waals surface area contributed by atoms with E-state index in [9.17, 15) is 33.1 Å². The van der Waals surface area contributed by atoms with E-state index in [0.717, 1.165) is 16.8 Å². The molecule has 1 fully saturated rings. The van der Waals surface area contributed by atoms with Crippen molar-refractivity contribution in [1.29, 1.82) is 0 Å². The molecule has 0 unspecified atom stereocenters. The highest BCUT2D eigenvalue weighted by Crippen LogP contribution is 2.64. The van der Waals surface area contributed by atoms with E-state index in [1.54, 1.807) is 0 Å². The maximum atomic E-state index is 14.6. The molecule has 0 aliphatic carbocycles. The van der Waals surface area contributed by atoms with Crippen LogP contribution in [0.4, 0.5) is 8.78 Å². The first-order valence-corrected chi connectivity index (χ1v) is 9.70. The second-order valence-corrected chi connectivity index (χ2v) is 7.93. The maximum Gasteiger partial charge on any atom is 0.399 e. The van der Waals surface area contributed by atoms with Gasteiger partial charge in [-0.05, 0) is 13.8 Å². The van der Waals surface area contributed by atoms with Crippen molar-refractivity contribution in [2.75, 3.05) is 13.2 Å². The molecule has 0 saturated carbocycles. The van der Waals surface area contributed by atoms with Gasteiger partial charge in [-0.1, -0.05) is 0 Å². The zero-order valence-corrected chi connectivity index (χ0v) is 15.5. The van der Waals surface area contributed by atoms with Crippen molar-refractivity contribution in [3.63, 3.8) is 0 Å². The largest absolute Gasteiger partial charge is 0.399 e. The number of rotatable bonds is 8. The molecule has 1 saturated heterocycles. The van der Waals surface area contributed by atoms with Gasteiger partial charge in [0.1, 0.15) is 12.2 Å². The van der Waals surface area contributed by atoms with Crippen LogP contribution in [0.3, 0.4) is 0 Å². The van der Waals surface area contributed by atoms with Gasteiger partial charge in [-0.15, -0.1) is 0 Å². The summed E-state index contributed by atoms with van der Waals surface area (Å²) in [7, 11) is -4.85. The third kappa shape index (κ3) is 4.36. The van der Waals surface area contributed by atoms with Crippen molar-refractivity contribution in [3.8, 4) is 0 Å². The quantitative estimate of drug-likeness (QED) is 0.520. The van der Waals surface area contributed by atoms with Crippen LogP contribution >= 0.6 is 7.60 Å². The number of ether oxygens (including phenoxy) is 1. The van der Waals surface area contributed by atoms with E-state index >= 15 is 0 Å². The molecule has 0 bridgehead atoms. The number of nitrogens with zero attached hydrogens (tertiary/aromatic N) is 1. The van der Waals surface area contributed by atoms with E-state index in [1.165, 1.54) is 13.8 Å². The predicted molar refractivity (Wildman–Crippen MR) is 87.7 cm³/mol. The number of alkyl halides is 2. The Bertz CT molecular complexity index is 803. The number of aliphatic hydroxyl groups is 2. The van der Waals surface area contributed by atoms with Crippen molar-refractivity contribution in [2.24, 2.45) is 0 Å². The van der Waals surface area contributed by atoms with Gasteiger partial charge in [-0.3, -0.25) is 18.9 Å². The predicted octanol–water partition coefficient (Wildman–Crippen LogP) is 0.405. The van der Waals surface area contributed by atoms with Gasteiger partial charge >= 0.3 is 18.9 Å². The van der Waals surface area contributed by atoms with Crippen molar-refractivity contribution in [2.45, 2.75) is 50.5 Å². The first-order valence-electron chi connectivity index (χ1n) is 8.16. The summed E-state index contributed by atoms with van der Waals surface area (Å²) in [6, 6.07) is 0.962. The number of halogens is 2. The molecule has 0 radical (unpaired) electrons. The van der Waals surface area contributed by atoms with Crippen LogP contribution in [-0.2, 0) is 18.3 Å². The van der Waals surface area contributed by atoms with E-state index in [-0.39, 0.29) is 13.2 Å². The molecule has 0 amide bonds. The molecule has 1 aliphatic rings. The normalized spacial score (nSPS) is 26.4. The highest BCUT2D eigenvalue weighted by atomic mass is 31.2. The minimum atomic E-state index is -4.85. The molecule has 154 valence electrons. The van der Waals surface area contributed by atoms with Gasteiger partial charge in [-0.2, -0.15) is 8.78 Å². The summed E-state index contributed by atoms with van der Waals surface area (Å²) in [6.45, 7) is 2.15. The Kier molecular flexibility index (Phi) is 6.72. The molecule has 4 atom stereocenters. The molecule has 13 heteroatoms. The molecule has 10 nitrogen and oxygen atoms in total. The number of H-pyrrole nitrogens is 1. The van der Waals surface area contributed by atoms with Crippen LogP contribution in [0.15, 0.2) is 21.9 Å². The number of aromatic nitrogens is 2. The van der Waals surface area contributed by atoms with Crippen LogP contribution in [-0.4, -0.2) is 57.0 Å². The van der Waals surface area contributed by atoms with E-state index < -0.39 is 55.5 Å². The fourth-order valence-electron chi connectivity index (χ4n) is 2.68. The smallest absolute Gasteiger partial charge is 0.388 e. The van der Waals surface area contributed by atoms with E-state index in [0.29, 0.717) is 0 Å². The Hall–Kier alpha value is -1.43. The number of hydrogen-bond acceptors (Lipinski definition) is 8. The van der Waals surface area contributed by atoms with E-state index in [2.05, 4.69) is 9.05 Å². The topological polar surface area (TPSA) is 140 Å². The molecular formula is C14H21F2N2O8P. The molecule has 1 aromatic rings. The maximum absolute atomic E-state index is 14.6. The second kappa shape index (κ2) is 8.29. The molecule has 2 heterocycles. The molecule has 0 spiro atoms. The summed E-state index contributed by atoms with van der Waals surface area (Å²) in [5.74, 6) is 0. The molecule has 27 heavy (non-hydrogen) atoms. The van der Waals surface area contributed by atoms with Gasteiger partial charge < -0.3 is 24.0 Å². The van der Waals surface area contributed by atoms with Crippen LogP contribution in [0.2, 0.25) is 0 Å². The Morgan fingerprint density at radius 1 is 1.26 bits per heavy atom. The summed E-state index contributed by atoms with van der Waals surface area (Å²) in [5, 5.41) is 20.1. The zero-order chi connectivity index (χ0) is 20.4. The lowest BCUT2D eigenvalue weighted by Gasteiger charge is -2.28. The van der Waals surface area contributed by atoms with Crippen LogP contribution in [0.1, 0.15) is 26.5 Å². The van der Waals surface area contributed by atoms with E-state index in [1.807, 2.05) is 4.98 Å². The molecule has 1 aliphatic heterocycles. The van der Waals surface area contributed by atoms with Gasteiger partial charge in [-0.25, -0.2) is 4.79 Å². The summed E-state index contributed by atoms with van der Waals surface area (Å²) in [4.78, 5) is 24.8. The molecule has 3 N–H and O–H groups in total. The van der Waals surface area contributed by atoms with Crippen molar-refractivity contribution in [3.05, 3.63) is 33.1 Å². The standard InChI is InChI=1S/C14H21F2N2O8P/c1-3-24-27(23,25-4-2)14(15,16)7-8-10(20)11(21)12(26-8)18-6-5-9(19)17-13(18)22/h5-6,8,10-12,20-21H,3-4,7H2,1-2H3,(H,17,19,22)/t8-,10-,11-,12-/m1/s1. The van der Waals surface area contributed by atoms with Crippen molar-refractivity contribution >= 4 is 7.60 Å². The van der Waals surface area contributed by atoms with Crippen molar-refractivity contribution < 1.29 is 37.3 Å². The van der Waals surface area contributed by atoms with E-state index in [4.69, 9.17) is 4.74 Å². The zero-order valence-electron chi connectivity index (χ0n) is 14.6. The fourth-order valence-corrected chi connectivity index (χ4v) is 4.21. The third-order valence-electron chi connectivity index (χ3n) is 3.91. The average Bonchev–Trinajstić information content (AvgIpc) is 2.83. The fraction of sp³-hybridized carbons (Fsp3) is 0.714. The Balaban J connectivity index is 2.25. The molecular weight excluding hydrogens is 393 g/mol. The highest BCUT2D eigenvalue weighted by molar-refractivity contribution is 7.55. The summed E-state index contributed by atoms with van der Waals surface area (Å²) in [5.41, 5.74) is -5.68. The first kappa shape index (κ1) is 21.9. The molecule has 1 aromatic heterocycles. The molecule has 0 aromatic carbocycles. The number of hydrogen-bond donors (Lipinski definition) is 3. The monoisotopic (exact) mass is 414 g/mol. The first-order chi connectivity index (χ1) is 12.6. The number of aliphatic hydroxyl groups excluding tert-OH is 2. The van der Waals surface area contributed by atoms with Gasteiger partial charge in [0, 0.05) is 12.3 Å². The van der Waals surface area contributed by atoms with Gasteiger partial charge in [0.25, 0.3) is 5.56 Å². The van der Waals surface area contributed by atoms with Crippen molar-refractivity contribution in [1.82, 2.24) is 9.55 Å². The summed E-state index contributed by atoms with van der Waals surface area (Å²) in [6.07, 6.45) is -7.04. The number of aromatic amines is 1. The minimum absolute atomic E-state index is 0.293. The SMILES string of the molecule is CCOP(=O)(OCC)C(F)(F)C[C@H]1O[C@@H](n2ccc(=O)[nH]c2=O)[C@H](O)[C@@H]1O. The molecule has 2 rings (SSSR count). The minimum Gasteiger partial charge on any atom is -0.388 e. The van der Waals surface area contributed by atoms with Crippen LogP contribution in [0, 0.1) is 0 Å². The lowest BCUT2D eigenvalue weighted by Crippen LogP contribution is -2.38. The van der Waals surface area contributed by atoms with Crippen LogP contribution < -0.4 is 11.2 Å². The lowest BCUT2D eigenvalue weighted by atomic mass is 10.1. The van der Waals surface area contributed by atoms with Crippen LogP contribution in [0.5, 0.6) is 0 Å². The second-order valence-electron chi connectivity index (χ2n) is 5.77. The Labute approximate surface area is 152 Å². The summed E-state index contributed by atoms with van der Waals surface area (Å²) >= 11 is 0. The third-order valence-corrected chi connectivity index (χ3v) is 6.09. The average molecular weight is 414 g/mol. The Morgan fingerprint density at radius 2 is 1.85 bits per heavy atom. The Morgan fingerprint density at radius 3 is 2.37 bits per heavy atom.